The van der Waals surface area contributed by atoms with E-state index in [1.807, 2.05) is 12.4 Å². The van der Waals surface area contributed by atoms with E-state index in [2.05, 4.69) is 21.0 Å². The van der Waals surface area contributed by atoms with Gasteiger partial charge in [0, 0.05) is 45.2 Å². The summed E-state index contributed by atoms with van der Waals surface area (Å²) in [6.45, 7) is 4.40. The molecule has 0 N–H and O–H groups in total. The number of carbonyl (C=O) groups is 1. The summed E-state index contributed by atoms with van der Waals surface area (Å²) >= 11 is 0. The number of nitrogens with zero attached hydrogens (tertiary/aromatic N) is 3. The maximum absolute atomic E-state index is 12.5. The maximum Gasteiger partial charge on any atom is 0.139 e. The van der Waals surface area contributed by atoms with Crippen molar-refractivity contribution >= 4 is 12.0 Å². The van der Waals surface area contributed by atoms with Crippen molar-refractivity contribution in [2.75, 3.05) is 40.0 Å². The van der Waals surface area contributed by atoms with Crippen molar-refractivity contribution in [3.63, 3.8) is 0 Å². The Morgan fingerprint density at radius 2 is 2.20 bits per heavy atom. The van der Waals surface area contributed by atoms with Crippen molar-refractivity contribution in [3.05, 3.63) is 12.4 Å². The zero-order chi connectivity index (χ0) is 17.3. The van der Waals surface area contributed by atoms with Crippen molar-refractivity contribution in [3.8, 4) is 0 Å². The molecular weight excluding hydrogens is 318 g/mol. The number of fused-ring (bicyclic) bond motifs is 1. The maximum atomic E-state index is 12.5. The molecule has 6 heteroatoms. The van der Waals surface area contributed by atoms with Crippen LogP contribution in [0.1, 0.15) is 38.5 Å². The highest BCUT2D eigenvalue weighted by molar-refractivity contribution is 5.83. The van der Waals surface area contributed by atoms with Crippen LogP contribution < -0.4 is 0 Å². The van der Waals surface area contributed by atoms with Gasteiger partial charge in [0.05, 0.1) is 31.3 Å². The van der Waals surface area contributed by atoms with Gasteiger partial charge < -0.3 is 14.4 Å². The van der Waals surface area contributed by atoms with Gasteiger partial charge in [0.1, 0.15) is 11.4 Å². The number of ketones is 1. The molecule has 2 saturated heterocycles. The minimum absolute atomic E-state index is 0.0361. The van der Waals surface area contributed by atoms with Crippen molar-refractivity contribution in [1.82, 2.24) is 9.80 Å². The lowest BCUT2D eigenvalue weighted by molar-refractivity contribution is -0.170. The zero-order valence-corrected chi connectivity index (χ0v) is 15.2. The fourth-order valence-corrected chi connectivity index (χ4v) is 5.09. The van der Waals surface area contributed by atoms with E-state index in [0.29, 0.717) is 18.8 Å². The number of ether oxygens (including phenoxy) is 2. The highest BCUT2D eigenvalue weighted by Gasteiger charge is 2.59. The summed E-state index contributed by atoms with van der Waals surface area (Å²) in [7, 11) is 1.72. The SMILES string of the molecule is COCC12CCCC(=O)C1CC1(CCN(CN3C=CN=CC3)CC1)O2. The molecule has 0 aromatic heterocycles. The van der Waals surface area contributed by atoms with Crippen molar-refractivity contribution < 1.29 is 14.3 Å². The van der Waals surface area contributed by atoms with Crippen LogP contribution in [0.15, 0.2) is 17.4 Å². The smallest absolute Gasteiger partial charge is 0.139 e. The average Bonchev–Trinajstić information content (AvgIpc) is 2.94. The molecule has 0 bridgehead atoms. The normalized spacial score (nSPS) is 34.7. The monoisotopic (exact) mass is 347 g/mol. The second-order valence-electron chi connectivity index (χ2n) is 8.02. The molecular formula is C19H29N3O3. The largest absolute Gasteiger partial charge is 0.382 e. The Bertz CT molecular complexity index is 564. The molecule has 138 valence electrons. The van der Waals surface area contributed by atoms with Crippen LogP contribution in [0.3, 0.4) is 0 Å². The lowest BCUT2D eigenvalue weighted by Gasteiger charge is -2.42. The second-order valence-corrected chi connectivity index (χ2v) is 8.02. The van der Waals surface area contributed by atoms with Crippen molar-refractivity contribution in [1.29, 1.82) is 0 Å². The predicted molar refractivity (Wildman–Crippen MR) is 95.4 cm³/mol. The van der Waals surface area contributed by atoms with Crippen LogP contribution in [-0.2, 0) is 14.3 Å². The van der Waals surface area contributed by atoms with Crippen LogP contribution in [-0.4, -0.2) is 73.0 Å². The number of hydrogen-bond acceptors (Lipinski definition) is 6. The first-order chi connectivity index (χ1) is 12.1. The Balaban J connectivity index is 1.40. The van der Waals surface area contributed by atoms with Crippen LogP contribution in [0.5, 0.6) is 0 Å². The van der Waals surface area contributed by atoms with Gasteiger partial charge in [-0.25, -0.2) is 0 Å². The summed E-state index contributed by atoms with van der Waals surface area (Å²) in [5, 5.41) is 0. The van der Waals surface area contributed by atoms with E-state index in [1.165, 1.54) is 0 Å². The second kappa shape index (κ2) is 6.82. The molecule has 25 heavy (non-hydrogen) atoms. The molecule has 2 unspecified atom stereocenters. The summed E-state index contributed by atoms with van der Waals surface area (Å²) in [4.78, 5) is 21.4. The first-order valence-corrected chi connectivity index (χ1v) is 9.51. The highest BCUT2D eigenvalue weighted by atomic mass is 16.6. The Hall–Kier alpha value is -1.24. The number of carbonyl (C=O) groups excluding carboxylic acids is 1. The highest BCUT2D eigenvalue weighted by Crippen LogP contribution is 2.52. The third kappa shape index (κ3) is 3.27. The molecule has 6 nitrogen and oxygen atoms in total. The number of rotatable bonds is 4. The number of Topliss-reactive ketones (excluding diaryl/α,β-unsaturated/α-hetero) is 1. The quantitative estimate of drug-likeness (QED) is 0.776. The Labute approximate surface area is 149 Å². The number of likely N-dealkylation sites (tertiary alicyclic amines) is 1. The average molecular weight is 347 g/mol. The fourth-order valence-electron chi connectivity index (χ4n) is 5.09. The molecule has 0 radical (unpaired) electrons. The van der Waals surface area contributed by atoms with Crippen LogP contribution in [0.4, 0.5) is 0 Å². The molecule has 2 atom stereocenters. The molecule has 1 saturated carbocycles. The molecule has 4 rings (SSSR count). The molecule has 0 aromatic rings. The Kier molecular flexibility index (Phi) is 4.69. The summed E-state index contributed by atoms with van der Waals surface area (Å²) in [6, 6.07) is 0. The lowest BCUT2D eigenvalue weighted by Crippen LogP contribution is -2.50. The predicted octanol–water partition coefficient (Wildman–Crippen LogP) is 1.81. The number of aliphatic imine (C=N–C) groups is 1. The van der Waals surface area contributed by atoms with E-state index in [4.69, 9.17) is 9.47 Å². The molecule has 3 fully saturated rings. The van der Waals surface area contributed by atoms with Crippen molar-refractivity contribution in [2.24, 2.45) is 10.9 Å². The first kappa shape index (κ1) is 17.2. The van der Waals surface area contributed by atoms with Gasteiger partial charge in [-0.05, 0) is 32.1 Å². The molecule has 0 aromatic carbocycles. The van der Waals surface area contributed by atoms with Gasteiger partial charge in [0.15, 0.2) is 0 Å². The van der Waals surface area contributed by atoms with Crippen molar-refractivity contribution in [2.45, 2.75) is 49.7 Å². The minimum atomic E-state index is -0.363. The van der Waals surface area contributed by atoms with Gasteiger partial charge >= 0.3 is 0 Å². The first-order valence-electron chi connectivity index (χ1n) is 9.51. The molecule has 3 heterocycles. The van der Waals surface area contributed by atoms with Gasteiger partial charge in [-0.1, -0.05) is 0 Å². The molecule has 4 aliphatic rings. The third-order valence-corrected chi connectivity index (χ3v) is 6.37. The number of hydrogen-bond donors (Lipinski definition) is 0. The van der Waals surface area contributed by atoms with Gasteiger partial charge in [0.2, 0.25) is 0 Å². The van der Waals surface area contributed by atoms with Gasteiger partial charge in [-0.15, -0.1) is 0 Å². The van der Waals surface area contributed by atoms with Gasteiger partial charge in [0.25, 0.3) is 0 Å². The van der Waals surface area contributed by atoms with Gasteiger partial charge in [-0.2, -0.15) is 0 Å². The van der Waals surface area contributed by atoms with E-state index in [-0.39, 0.29) is 17.1 Å². The lowest BCUT2D eigenvalue weighted by atomic mass is 9.72. The van der Waals surface area contributed by atoms with Crippen LogP contribution in [0.25, 0.3) is 0 Å². The Morgan fingerprint density at radius 3 is 2.92 bits per heavy atom. The van der Waals surface area contributed by atoms with Crippen LogP contribution in [0, 0.1) is 5.92 Å². The van der Waals surface area contributed by atoms with Crippen LogP contribution in [0.2, 0.25) is 0 Å². The number of methoxy groups -OCH3 is 1. The molecule has 0 amide bonds. The van der Waals surface area contributed by atoms with Gasteiger partial charge in [-0.3, -0.25) is 14.7 Å². The van der Waals surface area contributed by atoms with E-state index >= 15 is 0 Å². The molecule has 3 aliphatic heterocycles. The van der Waals surface area contributed by atoms with E-state index in [0.717, 1.165) is 58.4 Å². The summed E-state index contributed by atoms with van der Waals surface area (Å²) < 4.78 is 12.2. The minimum Gasteiger partial charge on any atom is -0.382 e. The van der Waals surface area contributed by atoms with E-state index in [1.54, 1.807) is 7.11 Å². The van der Waals surface area contributed by atoms with E-state index < -0.39 is 0 Å². The molecule has 1 spiro atoms. The van der Waals surface area contributed by atoms with Crippen LogP contribution >= 0.6 is 0 Å². The summed E-state index contributed by atoms with van der Waals surface area (Å²) in [5.74, 6) is 0.425. The van der Waals surface area contributed by atoms with E-state index in [9.17, 15) is 4.79 Å². The zero-order valence-electron chi connectivity index (χ0n) is 15.2. The summed E-state index contributed by atoms with van der Waals surface area (Å²) in [6.07, 6.45) is 11.4. The molecule has 1 aliphatic carbocycles. The third-order valence-electron chi connectivity index (χ3n) is 6.37. The standard InChI is InChI=1S/C19H29N3O3/c1-24-14-19-4-2-3-17(23)16(19)13-18(25-19)5-9-21(10-6-18)15-22-11-7-20-8-12-22/h7-8,11,16H,2-6,9-10,12-15H2,1H3. The number of piperidine rings is 1. The fraction of sp³-hybridized carbons (Fsp3) is 0.789. The Morgan fingerprint density at radius 1 is 1.36 bits per heavy atom. The topological polar surface area (TPSA) is 54.4 Å². The summed E-state index contributed by atoms with van der Waals surface area (Å²) in [5.41, 5.74) is -0.489.